The number of hydrogen-bond acceptors (Lipinski definition) is 6. The molecular formula is C38H80N4OS. The van der Waals surface area contributed by atoms with Gasteiger partial charge in [-0.25, -0.2) is 0 Å². The molecule has 0 aromatic carbocycles. The lowest BCUT2D eigenvalue weighted by molar-refractivity contribution is 0.127. The molecular weight excluding hydrogens is 561 g/mol. The van der Waals surface area contributed by atoms with Gasteiger partial charge in [0.1, 0.15) is 0 Å². The average Bonchev–Trinajstić information content (AvgIpc) is 3.27. The second kappa shape index (κ2) is 28.2. The Morgan fingerprint density at radius 3 is 1.34 bits per heavy atom. The van der Waals surface area contributed by atoms with Gasteiger partial charge in [0, 0.05) is 25.4 Å². The molecule has 44 heavy (non-hydrogen) atoms. The lowest BCUT2D eigenvalue weighted by atomic mass is 9.91. The molecule has 8 atom stereocenters. The van der Waals surface area contributed by atoms with Gasteiger partial charge >= 0.3 is 0 Å². The molecule has 6 heteroatoms. The van der Waals surface area contributed by atoms with E-state index in [4.69, 9.17) is 4.74 Å². The summed E-state index contributed by atoms with van der Waals surface area (Å²) in [5.74, 6) is 9.55. The van der Waals surface area contributed by atoms with Crippen LogP contribution in [-0.4, -0.2) is 77.1 Å². The van der Waals surface area contributed by atoms with Crippen molar-refractivity contribution in [3.05, 3.63) is 0 Å². The Morgan fingerprint density at radius 1 is 0.386 bits per heavy atom. The van der Waals surface area contributed by atoms with Crippen LogP contribution in [0.15, 0.2) is 0 Å². The molecule has 8 unspecified atom stereocenters. The predicted molar refractivity (Wildman–Crippen MR) is 199 cm³/mol. The summed E-state index contributed by atoms with van der Waals surface area (Å²) in [6, 6.07) is 0. The van der Waals surface area contributed by atoms with Gasteiger partial charge in [-0.3, -0.25) is 0 Å². The van der Waals surface area contributed by atoms with E-state index in [1.54, 1.807) is 0 Å². The van der Waals surface area contributed by atoms with Gasteiger partial charge in [-0.2, -0.15) is 11.8 Å². The topological polar surface area (TPSA) is 57.4 Å². The summed E-state index contributed by atoms with van der Waals surface area (Å²) in [6.07, 6.45) is 13.9. The number of thioether (sulfide) groups is 1. The van der Waals surface area contributed by atoms with Crippen molar-refractivity contribution in [1.29, 1.82) is 0 Å². The van der Waals surface area contributed by atoms with E-state index in [1.165, 1.54) is 115 Å². The van der Waals surface area contributed by atoms with Crippen molar-refractivity contribution in [2.45, 2.75) is 120 Å². The van der Waals surface area contributed by atoms with E-state index in [0.717, 1.165) is 73.6 Å². The summed E-state index contributed by atoms with van der Waals surface area (Å²) in [7, 11) is 0. The Balaban J connectivity index is 0.000000293. The minimum absolute atomic E-state index is 0.789. The Bertz CT molecular complexity index is 474. The van der Waals surface area contributed by atoms with E-state index >= 15 is 0 Å². The summed E-state index contributed by atoms with van der Waals surface area (Å²) in [5.41, 5.74) is 0. The minimum atomic E-state index is 0.789. The van der Waals surface area contributed by atoms with Crippen LogP contribution in [-0.2, 0) is 4.74 Å². The molecule has 5 nitrogen and oxygen atoms in total. The van der Waals surface area contributed by atoms with Crippen molar-refractivity contribution < 1.29 is 4.74 Å². The number of ether oxygens (including phenoxy) is 1. The molecule has 0 saturated carbocycles. The fourth-order valence-corrected chi connectivity index (χ4v) is 7.11. The summed E-state index contributed by atoms with van der Waals surface area (Å²) in [6.45, 7) is 30.1. The molecule has 0 aliphatic carbocycles. The highest BCUT2D eigenvalue weighted by atomic mass is 32.2. The van der Waals surface area contributed by atoms with Crippen molar-refractivity contribution in [3.63, 3.8) is 0 Å². The maximum absolute atomic E-state index is 5.41. The van der Waals surface area contributed by atoms with Crippen molar-refractivity contribution >= 4 is 11.8 Å². The lowest BCUT2D eigenvalue weighted by Gasteiger charge is -2.18. The van der Waals surface area contributed by atoms with E-state index in [9.17, 15) is 0 Å². The van der Waals surface area contributed by atoms with Crippen LogP contribution in [0, 0.1) is 47.3 Å². The Labute approximate surface area is 281 Å². The van der Waals surface area contributed by atoms with Crippen LogP contribution in [0.5, 0.6) is 0 Å². The van der Waals surface area contributed by atoms with Crippen molar-refractivity contribution in [3.8, 4) is 0 Å². The highest BCUT2D eigenvalue weighted by Gasteiger charge is 2.15. The first-order valence-corrected chi connectivity index (χ1v) is 20.4. The second-order valence-electron chi connectivity index (χ2n) is 15.1. The number of hydrogen-bond donors (Lipinski definition) is 4. The largest absolute Gasteiger partial charge is 0.380 e. The van der Waals surface area contributed by atoms with Crippen LogP contribution in [0.1, 0.15) is 120 Å². The molecule has 4 fully saturated rings. The zero-order valence-electron chi connectivity index (χ0n) is 31.0. The molecule has 4 saturated heterocycles. The Morgan fingerprint density at radius 2 is 0.818 bits per heavy atom. The fraction of sp³-hybridized carbons (Fsp3) is 1.00. The van der Waals surface area contributed by atoms with Crippen LogP contribution in [0.2, 0.25) is 0 Å². The third-order valence-corrected chi connectivity index (χ3v) is 12.1. The van der Waals surface area contributed by atoms with E-state index < -0.39 is 0 Å². The van der Waals surface area contributed by atoms with Crippen LogP contribution < -0.4 is 21.3 Å². The molecule has 0 bridgehead atoms. The first-order chi connectivity index (χ1) is 21.2. The molecule has 4 heterocycles. The zero-order valence-corrected chi connectivity index (χ0v) is 31.8. The van der Waals surface area contributed by atoms with Gasteiger partial charge in [0.25, 0.3) is 0 Å². The number of rotatable bonds is 0. The second-order valence-corrected chi connectivity index (χ2v) is 16.4. The first-order valence-electron chi connectivity index (χ1n) is 19.2. The SMILES string of the molecule is CC1CCCCCNCC1C.CC1CCCCCNCC1C.CC1CCOCCNCC1C.CC1CCSCCNCC1C. The van der Waals surface area contributed by atoms with E-state index in [0.29, 0.717) is 0 Å². The van der Waals surface area contributed by atoms with Gasteiger partial charge in [0.15, 0.2) is 0 Å². The number of nitrogens with one attached hydrogen (secondary N) is 4. The molecule has 0 aromatic rings. The van der Waals surface area contributed by atoms with Crippen LogP contribution >= 0.6 is 11.8 Å². The predicted octanol–water partition coefficient (Wildman–Crippen LogP) is 8.10. The van der Waals surface area contributed by atoms with Gasteiger partial charge in [-0.1, -0.05) is 93.9 Å². The van der Waals surface area contributed by atoms with Gasteiger partial charge < -0.3 is 26.0 Å². The molecule has 264 valence electrons. The van der Waals surface area contributed by atoms with Crippen molar-refractivity contribution in [2.24, 2.45) is 47.3 Å². The van der Waals surface area contributed by atoms with Gasteiger partial charge in [-0.15, -0.1) is 0 Å². The highest BCUT2D eigenvalue weighted by molar-refractivity contribution is 7.99. The van der Waals surface area contributed by atoms with Crippen LogP contribution in [0.4, 0.5) is 0 Å². The van der Waals surface area contributed by atoms with E-state index in [-0.39, 0.29) is 0 Å². The Hall–Kier alpha value is 0.150. The summed E-state index contributed by atoms with van der Waals surface area (Å²) in [5, 5.41) is 13.9. The van der Waals surface area contributed by atoms with Crippen molar-refractivity contribution in [1.82, 2.24) is 21.3 Å². The molecule has 4 N–H and O–H groups in total. The molecule has 4 aliphatic rings. The van der Waals surface area contributed by atoms with Crippen LogP contribution in [0.25, 0.3) is 0 Å². The normalized spacial score (nSPS) is 35.5. The highest BCUT2D eigenvalue weighted by Crippen LogP contribution is 2.20. The molecule has 4 aliphatic heterocycles. The standard InChI is InChI=1S/2C10H21N.C9H19NO.C9H19NS/c2*1-9-6-4-3-5-7-11-8-10(9)2;2*1-8-3-5-11-6-4-10-7-9(8)2/h2*9-11H,3-8H2,1-2H3;2*8-10H,3-7H2,1-2H3. The maximum atomic E-state index is 5.41. The monoisotopic (exact) mass is 641 g/mol. The van der Waals surface area contributed by atoms with E-state index in [2.05, 4.69) is 88.4 Å². The molecule has 0 amide bonds. The van der Waals surface area contributed by atoms with Gasteiger partial charge in [0.2, 0.25) is 0 Å². The Kier molecular flexibility index (Phi) is 27.0. The summed E-state index contributed by atoms with van der Waals surface area (Å²) in [4.78, 5) is 0. The van der Waals surface area contributed by atoms with Crippen molar-refractivity contribution in [2.75, 3.05) is 77.1 Å². The van der Waals surface area contributed by atoms with E-state index in [1.807, 2.05) is 0 Å². The molecule has 4 rings (SSSR count). The minimum Gasteiger partial charge on any atom is -0.380 e. The molecule has 0 aromatic heterocycles. The fourth-order valence-electron chi connectivity index (χ4n) is 6.08. The summed E-state index contributed by atoms with van der Waals surface area (Å²) >= 11 is 2.09. The lowest BCUT2D eigenvalue weighted by Crippen LogP contribution is -2.26. The average molecular weight is 641 g/mol. The third kappa shape index (κ3) is 22.6. The van der Waals surface area contributed by atoms with Gasteiger partial charge in [-0.05, 0) is 118 Å². The quantitative estimate of drug-likeness (QED) is 0.215. The smallest absolute Gasteiger partial charge is 0.0590 e. The van der Waals surface area contributed by atoms with Crippen LogP contribution in [0.3, 0.4) is 0 Å². The third-order valence-electron chi connectivity index (χ3n) is 11.1. The zero-order chi connectivity index (χ0) is 32.4. The van der Waals surface area contributed by atoms with Gasteiger partial charge in [0.05, 0.1) is 6.61 Å². The molecule has 0 spiro atoms. The molecule has 0 radical (unpaired) electrons. The summed E-state index contributed by atoms with van der Waals surface area (Å²) < 4.78 is 5.41. The maximum Gasteiger partial charge on any atom is 0.0590 e. The first kappa shape index (κ1) is 42.2.